The minimum absolute atomic E-state index is 0.632. The molecule has 0 fully saturated rings. The molecular formula is C50H29N3O. The van der Waals surface area contributed by atoms with Gasteiger partial charge in [0, 0.05) is 43.3 Å². The summed E-state index contributed by atoms with van der Waals surface area (Å²) in [6.07, 6.45) is 0. The van der Waals surface area contributed by atoms with E-state index in [0.717, 1.165) is 87.4 Å². The Morgan fingerprint density at radius 2 is 1.02 bits per heavy atom. The molecule has 0 N–H and O–H groups in total. The molecule has 0 aliphatic carbocycles. The Balaban J connectivity index is 1.21. The predicted octanol–water partition coefficient (Wildman–Crippen LogP) is 13.4. The molecule has 9 aromatic carbocycles. The Bertz CT molecular complexity index is 3490. The smallest absolute Gasteiger partial charge is 0.235 e. The van der Waals surface area contributed by atoms with Gasteiger partial charge in [-0.2, -0.15) is 0 Å². The number of rotatable bonds is 3. The summed E-state index contributed by atoms with van der Waals surface area (Å²) in [5.41, 5.74) is 9.10. The van der Waals surface area contributed by atoms with Crippen molar-refractivity contribution in [2.24, 2.45) is 0 Å². The van der Waals surface area contributed by atoms with E-state index < -0.39 is 0 Å². The van der Waals surface area contributed by atoms with Gasteiger partial charge in [-0.25, -0.2) is 9.97 Å². The van der Waals surface area contributed by atoms with Crippen LogP contribution in [0, 0.1) is 0 Å². The lowest BCUT2D eigenvalue weighted by Gasteiger charge is -2.16. The third kappa shape index (κ3) is 4.13. The van der Waals surface area contributed by atoms with Gasteiger partial charge in [-0.1, -0.05) is 146 Å². The summed E-state index contributed by atoms with van der Waals surface area (Å²) < 4.78 is 8.81. The van der Waals surface area contributed by atoms with Crippen LogP contribution in [0.4, 0.5) is 0 Å². The second-order valence-corrected chi connectivity index (χ2v) is 14.1. The lowest BCUT2D eigenvalue weighted by molar-refractivity contribution is 0.672. The Morgan fingerprint density at radius 1 is 0.389 bits per heavy atom. The third-order valence-corrected chi connectivity index (χ3v) is 11.2. The van der Waals surface area contributed by atoms with Crippen LogP contribution in [0.5, 0.6) is 0 Å². The summed E-state index contributed by atoms with van der Waals surface area (Å²) in [7, 11) is 0. The molecule has 250 valence electrons. The van der Waals surface area contributed by atoms with Crippen molar-refractivity contribution in [3.8, 4) is 28.3 Å². The van der Waals surface area contributed by atoms with Crippen LogP contribution in [0.1, 0.15) is 0 Å². The molecule has 0 aliphatic heterocycles. The van der Waals surface area contributed by atoms with Crippen LogP contribution in [0.25, 0.3) is 115 Å². The second-order valence-electron chi connectivity index (χ2n) is 14.1. The van der Waals surface area contributed by atoms with E-state index in [0.29, 0.717) is 5.95 Å². The normalized spacial score (nSPS) is 12.1. The molecule has 0 saturated heterocycles. The molecule has 0 bridgehead atoms. The zero-order valence-corrected chi connectivity index (χ0v) is 29.0. The number of hydrogen-bond acceptors (Lipinski definition) is 3. The molecule has 0 radical (unpaired) electrons. The van der Waals surface area contributed by atoms with Gasteiger partial charge in [0.2, 0.25) is 5.95 Å². The molecule has 0 atom stereocenters. The number of furan rings is 1. The highest BCUT2D eigenvalue weighted by Crippen LogP contribution is 2.42. The summed E-state index contributed by atoms with van der Waals surface area (Å²) in [4.78, 5) is 11.1. The van der Waals surface area contributed by atoms with Crippen LogP contribution in [0.15, 0.2) is 180 Å². The largest absolute Gasteiger partial charge is 0.455 e. The van der Waals surface area contributed by atoms with Crippen molar-refractivity contribution < 1.29 is 4.42 Å². The SMILES string of the molecule is c1ccc(-c2ccc(-c3nc(-n4c5ccccc5c5cc6ccc7c8ccccc8oc7c6cc54)nc4c5ccccc5c5ccccc5c34)cc2)cc1. The van der Waals surface area contributed by atoms with Gasteiger partial charge in [0.1, 0.15) is 11.2 Å². The minimum Gasteiger partial charge on any atom is -0.455 e. The van der Waals surface area contributed by atoms with Gasteiger partial charge in [0.15, 0.2) is 0 Å². The van der Waals surface area contributed by atoms with Gasteiger partial charge in [0.05, 0.1) is 22.2 Å². The van der Waals surface area contributed by atoms with Crippen LogP contribution in [0.3, 0.4) is 0 Å². The van der Waals surface area contributed by atoms with Crippen molar-refractivity contribution in [3.05, 3.63) is 176 Å². The standard InChI is InChI=1S/C50H29N3O/c1-2-12-30(13-3-1)31-22-24-32(25-23-31)47-46-38-18-6-4-14-34(38)35-15-5-7-19-39(35)48(46)52-50(51-47)53-43-20-10-8-16-36(43)42-28-33-26-27-40-37-17-9-11-21-45(37)54-49(40)41(33)29-44(42)53/h1-29H. The molecule has 0 saturated carbocycles. The van der Waals surface area contributed by atoms with Gasteiger partial charge in [-0.15, -0.1) is 0 Å². The summed E-state index contributed by atoms with van der Waals surface area (Å²) in [5, 5.41) is 12.4. The zero-order chi connectivity index (χ0) is 35.3. The van der Waals surface area contributed by atoms with Gasteiger partial charge >= 0.3 is 0 Å². The fourth-order valence-electron chi connectivity index (χ4n) is 8.71. The zero-order valence-electron chi connectivity index (χ0n) is 29.0. The molecule has 54 heavy (non-hydrogen) atoms. The molecule has 0 spiro atoms. The maximum Gasteiger partial charge on any atom is 0.235 e. The maximum atomic E-state index is 6.56. The number of fused-ring (bicyclic) bond motifs is 14. The summed E-state index contributed by atoms with van der Waals surface area (Å²) >= 11 is 0. The monoisotopic (exact) mass is 687 g/mol. The number of hydrogen-bond donors (Lipinski definition) is 0. The van der Waals surface area contributed by atoms with E-state index in [1.54, 1.807) is 0 Å². The van der Waals surface area contributed by atoms with Crippen LogP contribution >= 0.6 is 0 Å². The average Bonchev–Trinajstić information content (AvgIpc) is 3.79. The van der Waals surface area contributed by atoms with Crippen molar-refractivity contribution in [2.45, 2.75) is 0 Å². The van der Waals surface area contributed by atoms with E-state index in [4.69, 9.17) is 14.4 Å². The fraction of sp³-hybridized carbons (Fsp3) is 0. The molecule has 4 nitrogen and oxygen atoms in total. The Labute approximate surface area is 309 Å². The predicted molar refractivity (Wildman–Crippen MR) is 225 cm³/mol. The van der Waals surface area contributed by atoms with Gasteiger partial charge in [-0.3, -0.25) is 4.57 Å². The average molecular weight is 688 g/mol. The topological polar surface area (TPSA) is 43.9 Å². The number of para-hydroxylation sites is 2. The van der Waals surface area contributed by atoms with Crippen molar-refractivity contribution in [2.75, 3.05) is 0 Å². The highest BCUT2D eigenvalue weighted by Gasteiger charge is 2.22. The number of nitrogens with zero attached hydrogens (tertiary/aromatic N) is 3. The van der Waals surface area contributed by atoms with E-state index >= 15 is 0 Å². The number of aromatic nitrogens is 3. The highest BCUT2D eigenvalue weighted by atomic mass is 16.3. The van der Waals surface area contributed by atoms with Crippen molar-refractivity contribution in [1.29, 1.82) is 0 Å². The quantitative estimate of drug-likeness (QED) is 0.174. The first kappa shape index (κ1) is 29.3. The molecule has 3 aromatic heterocycles. The first-order valence-corrected chi connectivity index (χ1v) is 18.3. The van der Waals surface area contributed by atoms with Crippen LogP contribution < -0.4 is 0 Å². The molecule has 0 aliphatic rings. The summed E-state index contributed by atoms with van der Waals surface area (Å²) in [6.45, 7) is 0. The Hall–Kier alpha value is -7.30. The van der Waals surface area contributed by atoms with E-state index in [2.05, 4.69) is 168 Å². The van der Waals surface area contributed by atoms with Gasteiger partial charge in [-0.05, 0) is 63.0 Å². The third-order valence-electron chi connectivity index (χ3n) is 11.2. The molecule has 12 rings (SSSR count). The summed E-state index contributed by atoms with van der Waals surface area (Å²) in [5.74, 6) is 0.632. The summed E-state index contributed by atoms with van der Waals surface area (Å²) in [6, 6.07) is 62.4. The van der Waals surface area contributed by atoms with Crippen LogP contribution in [0.2, 0.25) is 0 Å². The van der Waals surface area contributed by atoms with Crippen LogP contribution in [-0.4, -0.2) is 14.5 Å². The molecule has 4 heteroatoms. The van der Waals surface area contributed by atoms with Crippen LogP contribution in [-0.2, 0) is 0 Å². The minimum atomic E-state index is 0.632. The lowest BCUT2D eigenvalue weighted by Crippen LogP contribution is -2.04. The van der Waals surface area contributed by atoms with E-state index in [1.165, 1.54) is 21.9 Å². The first-order valence-electron chi connectivity index (χ1n) is 18.3. The molecule has 12 aromatic rings. The van der Waals surface area contributed by atoms with Crippen molar-refractivity contribution in [3.63, 3.8) is 0 Å². The first-order chi connectivity index (χ1) is 26.8. The Kier molecular flexibility index (Phi) is 6.02. The maximum absolute atomic E-state index is 6.56. The van der Waals surface area contributed by atoms with Crippen molar-refractivity contribution in [1.82, 2.24) is 14.5 Å². The molecular weight excluding hydrogens is 659 g/mol. The van der Waals surface area contributed by atoms with E-state index in [1.807, 2.05) is 12.1 Å². The van der Waals surface area contributed by atoms with E-state index in [9.17, 15) is 0 Å². The second kappa shape index (κ2) is 11.1. The highest BCUT2D eigenvalue weighted by molar-refractivity contribution is 6.27. The molecule has 0 unspecified atom stereocenters. The fourth-order valence-corrected chi connectivity index (χ4v) is 8.71. The molecule has 0 amide bonds. The van der Waals surface area contributed by atoms with E-state index in [-0.39, 0.29) is 0 Å². The van der Waals surface area contributed by atoms with Crippen molar-refractivity contribution >= 4 is 87.0 Å². The number of benzene rings is 9. The lowest BCUT2D eigenvalue weighted by atomic mass is 9.94. The van der Waals surface area contributed by atoms with Gasteiger partial charge < -0.3 is 4.42 Å². The van der Waals surface area contributed by atoms with Gasteiger partial charge in [0.25, 0.3) is 0 Å². The Morgan fingerprint density at radius 3 is 1.83 bits per heavy atom. The molecule has 3 heterocycles.